The summed E-state index contributed by atoms with van der Waals surface area (Å²) in [5.74, 6) is 0.617. The Morgan fingerprint density at radius 1 is 1.38 bits per heavy atom. The summed E-state index contributed by atoms with van der Waals surface area (Å²) in [4.78, 5) is 12.1. The lowest BCUT2D eigenvalue weighted by molar-refractivity contribution is 0.122. The van der Waals surface area contributed by atoms with Crippen LogP contribution in [0, 0.1) is 5.92 Å². The molecule has 0 unspecified atom stereocenters. The maximum atomic E-state index is 10.7. The topological polar surface area (TPSA) is 60.8 Å². The molecule has 1 aliphatic rings. The highest BCUT2D eigenvalue weighted by Gasteiger charge is 2.24. The first-order valence-electron chi connectivity index (χ1n) is 6.02. The van der Waals surface area contributed by atoms with Crippen molar-refractivity contribution in [1.29, 1.82) is 0 Å². The van der Waals surface area contributed by atoms with Gasteiger partial charge in [0.05, 0.1) is 5.76 Å². The monoisotopic (exact) mass is 227 g/mol. The van der Waals surface area contributed by atoms with Crippen LogP contribution in [-0.4, -0.2) is 34.3 Å². The second-order valence-corrected chi connectivity index (χ2v) is 4.32. The standard InChI is InChI=1S/C12H21NO3/c1-2-3-4-5-11(14)10-6-8-13(9-7-10)12(15)16/h5,10,14H,2-4,6-9H2,1H3,(H,15,16). The average Bonchev–Trinajstić information content (AvgIpc) is 2.29. The van der Waals surface area contributed by atoms with Crippen LogP contribution in [0.4, 0.5) is 4.79 Å². The highest BCUT2D eigenvalue weighted by molar-refractivity contribution is 5.65. The van der Waals surface area contributed by atoms with Crippen molar-refractivity contribution in [2.75, 3.05) is 13.1 Å². The van der Waals surface area contributed by atoms with Crippen molar-refractivity contribution in [3.63, 3.8) is 0 Å². The molecule has 1 fully saturated rings. The van der Waals surface area contributed by atoms with Gasteiger partial charge in [-0.25, -0.2) is 4.79 Å². The molecule has 0 spiro atoms. The van der Waals surface area contributed by atoms with Gasteiger partial charge in [-0.3, -0.25) is 0 Å². The predicted octanol–water partition coefficient (Wildman–Crippen LogP) is 3.01. The highest BCUT2D eigenvalue weighted by Crippen LogP contribution is 2.23. The van der Waals surface area contributed by atoms with Gasteiger partial charge in [0.2, 0.25) is 0 Å². The molecule has 0 radical (unpaired) electrons. The van der Waals surface area contributed by atoms with Crippen molar-refractivity contribution < 1.29 is 15.0 Å². The molecule has 0 aliphatic carbocycles. The molecule has 1 aliphatic heterocycles. The molecule has 1 heterocycles. The minimum Gasteiger partial charge on any atom is -0.512 e. The van der Waals surface area contributed by atoms with Crippen LogP contribution in [0.5, 0.6) is 0 Å². The molecule has 4 nitrogen and oxygen atoms in total. The fourth-order valence-electron chi connectivity index (χ4n) is 1.99. The molecule has 4 heteroatoms. The van der Waals surface area contributed by atoms with E-state index in [-0.39, 0.29) is 5.92 Å². The average molecular weight is 227 g/mol. The van der Waals surface area contributed by atoms with Crippen molar-refractivity contribution in [2.24, 2.45) is 5.92 Å². The van der Waals surface area contributed by atoms with Crippen LogP contribution >= 0.6 is 0 Å². The summed E-state index contributed by atoms with van der Waals surface area (Å²) in [7, 11) is 0. The van der Waals surface area contributed by atoms with Gasteiger partial charge < -0.3 is 15.1 Å². The van der Waals surface area contributed by atoms with Gasteiger partial charge in [-0.05, 0) is 31.8 Å². The second kappa shape index (κ2) is 6.40. The van der Waals surface area contributed by atoms with Gasteiger partial charge in [0, 0.05) is 19.0 Å². The van der Waals surface area contributed by atoms with Gasteiger partial charge in [-0.1, -0.05) is 13.3 Å². The highest BCUT2D eigenvalue weighted by atomic mass is 16.4. The summed E-state index contributed by atoms with van der Waals surface area (Å²) in [6, 6.07) is 0. The maximum Gasteiger partial charge on any atom is 0.407 e. The van der Waals surface area contributed by atoms with Gasteiger partial charge in [0.1, 0.15) is 0 Å². The maximum absolute atomic E-state index is 10.7. The number of likely N-dealkylation sites (tertiary alicyclic amines) is 1. The Balaban J connectivity index is 2.35. The lowest BCUT2D eigenvalue weighted by Crippen LogP contribution is -2.37. The van der Waals surface area contributed by atoms with Gasteiger partial charge in [-0.15, -0.1) is 0 Å². The molecule has 1 amide bonds. The fourth-order valence-corrected chi connectivity index (χ4v) is 1.99. The van der Waals surface area contributed by atoms with E-state index in [1.165, 1.54) is 4.90 Å². The second-order valence-electron chi connectivity index (χ2n) is 4.32. The molecule has 0 saturated carbocycles. The van der Waals surface area contributed by atoms with E-state index in [9.17, 15) is 9.90 Å². The van der Waals surface area contributed by atoms with Gasteiger partial charge in [-0.2, -0.15) is 0 Å². The van der Waals surface area contributed by atoms with Crippen LogP contribution in [0.15, 0.2) is 11.8 Å². The lowest BCUT2D eigenvalue weighted by Gasteiger charge is -2.29. The Morgan fingerprint density at radius 3 is 2.50 bits per heavy atom. The Bertz CT molecular complexity index is 255. The quantitative estimate of drug-likeness (QED) is 0.573. The first-order chi connectivity index (χ1) is 7.65. The molecular weight excluding hydrogens is 206 g/mol. The van der Waals surface area contributed by atoms with Crippen LogP contribution in [0.3, 0.4) is 0 Å². The van der Waals surface area contributed by atoms with Crippen molar-refractivity contribution in [3.8, 4) is 0 Å². The van der Waals surface area contributed by atoms with E-state index in [0.717, 1.165) is 32.1 Å². The summed E-state index contributed by atoms with van der Waals surface area (Å²) >= 11 is 0. The van der Waals surface area contributed by atoms with Crippen LogP contribution in [0.2, 0.25) is 0 Å². The number of piperidine rings is 1. The van der Waals surface area contributed by atoms with E-state index in [4.69, 9.17) is 5.11 Å². The van der Waals surface area contributed by atoms with E-state index in [1.807, 2.05) is 6.08 Å². The van der Waals surface area contributed by atoms with Crippen molar-refractivity contribution in [1.82, 2.24) is 4.90 Å². The molecule has 1 saturated heterocycles. The molecule has 92 valence electrons. The smallest absolute Gasteiger partial charge is 0.407 e. The summed E-state index contributed by atoms with van der Waals surface area (Å²) in [6.07, 6.45) is 5.65. The Labute approximate surface area is 96.6 Å². The molecule has 1 rings (SSSR count). The van der Waals surface area contributed by atoms with E-state index >= 15 is 0 Å². The molecule has 16 heavy (non-hydrogen) atoms. The van der Waals surface area contributed by atoms with Crippen molar-refractivity contribution >= 4 is 6.09 Å². The summed E-state index contributed by atoms with van der Waals surface area (Å²) in [5.41, 5.74) is 0. The Kier molecular flexibility index (Phi) is 5.15. The molecule has 2 N–H and O–H groups in total. The van der Waals surface area contributed by atoms with Crippen molar-refractivity contribution in [3.05, 3.63) is 11.8 Å². The number of aliphatic hydroxyl groups is 1. The van der Waals surface area contributed by atoms with E-state index < -0.39 is 6.09 Å². The minimum atomic E-state index is -0.854. The number of carbonyl (C=O) groups is 1. The molecule has 0 aromatic heterocycles. The lowest BCUT2D eigenvalue weighted by atomic mass is 9.94. The van der Waals surface area contributed by atoms with Gasteiger partial charge >= 0.3 is 6.09 Å². The predicted molar refractivity (Wildman–Crippen MR) is 62.6 cm³/mol. The molecular formula is C12H21NO3. The number of hydrogen-bond donors (Lipinski definition) is 2. The SMILES string of the molecule is CCCCC=C(O)C1CCN(C(=O)O)CC1. The largest absolute Gasteiger partial charge is 0.512 e. The van der Waals surface area contributed by atoms with Crippen LogP contribution < -0.4 is 0 Å². The Morgan fingerprint density at radius 2 is 2.00 bits per heavy atom. The zero-order chi connectivity index (χ0) is 12.0. The number of aliphatic hydroxyl groups excluding tert-OH is 1. The third kappa shape index (κ3) is 3.76. The van der Waals surface area contributed by atoms with Gasteiger partial charge in [0.15, 0.2) is 0 Å². The fraction of sp³-hybridized carbons (Fsp3) is 0.750. The Hall–Kier alpha value is -1.19. The van der Waals surface area contributed by atoms with E-state index in [0.29, 0.717) is 18.8 Å². The van der Waals surface area contributed by atoms with E-state index in [2.05, 4.69) is 6.92 Å². The summed E-state index contributed by atoms with van der Waals surface area (Å²) in [5, 5.41) is 18.6. The number of hydrogen-bond acceptors (Lipinski definition) is 2. The number of rotatable bonds is 4. The number of unbranched alkanes of at least 4 members (excludes halogenated alkanes) is 2. The number of allylic oxidation sites excluding steroid dienone is 2. The number of amides is 1. The first-order valence-corrected chi connectivity index (χ1v) is 6.02. The molecule has 0 atom stereocenters. The third-order valence-electron chi connectivity index (χ3n) is 3.09. The minimum absolute atomic E-state index is 0.160. The summed E-state index contributed by atoms with van der Waals surface area (Å²) in [6.45, 7) is 3.19. The summed E-state index contributed by atoms with van der Waals surface area (Å²) < 4.78 is 0. The van der Waals surface area contributed by atoms with Crippen LogP contribution in [0.1, 0.15) is 39.0 Å². The molecule has 0 aromatic rings. The zero-order valence-electron chi connectivity index (χ0n) is 9.85. The zero-order valence-corrected chi connectivity index (χ0v) is 9.85. The number of carboxylic acid groups (broad SMARTS) is 1. The van der Waals surface area contributed by atoms with Crippen molar-refractivity contribution in [2.45, 2.75) is 39.0 Å². The third-order valence-corrected chi connectivity index (χ3v) is 3.09. The van der Waals surface area contributed by atoms with E-state index in [1.54, 1.807) is 0 Å². The number of nitrogens with zero attached hydrogens (tertiary/aromatic N) is 1. The normalized spacial score (nSPS) is 18.8. The first kappa shape index (κ1) is 12.9. The van der Waals surface area contributed by atoms with Crippen LogP contribution in [-0.2, 0) is 0 Å². The molecule has 0 bridgehead atoms. The molecule has 0 aromatic carbocycles. The van der Waals surface area contributed by atoms with Gasteiger partial charge in [0.25, 0.3) is 0 Å². The van der Waals surface area contributed by atoms with Crippen LogP contribution in [0.25, 0.3) is 0 Å².